The number of nitrogen functional groups attached to an aromatic ring is 1. The van der Waals surface area contributed by atoms with Crippen LogP contribution >= 0.6 is 0 Å². The first-order valence-electron chi connectivity index (χ1n) is 4.95. The summed E-state index contributed by atoms with van der Waals surface area (Å²) in [7, 11) is 1.62. The lowest BCUT2D eigenvalue weighted by Gasteiger charge is -2.11. The molecule has 4 N–H and O–H groups in total. The van der Waals surface area contributed by atoms with Gasteiger partial charge in [0.05, 0.1) is 7.11 Å². The number of nitrogens with two attached hydrogens (primary N) is 1. The van der Waals surface area contributed by atoms with Gasteiger partial charge in [0, 0.05) is 23.9 Å². The van der Waals surface area contributed by atoms with E-state index in [1.54, 1.807) is 19.2 Å². The Bertz CT molecular complexity index is 350. The highest BCUT2D eigenvalue weighted by atomic mass is 16.5. The Balaban J connectivity index is 2.99. The number of benzene rings is 1. The molecule has 4 heteroatoms. The highest BCUT2D eigenvalue weighted by Gasteiger charge is 2.05. The lowest BCUT2D eigenvalue weighted by Crippen LogP contribution is -2.14. The normalized spacial score (nSPS) is 9.73. The zero-order valence-electron chi connectivity index (χ0n) is 9.13. The van der Waals surface area contributed by atoms with Gasteiger partial charge in [-0.15, -0.1) is 0 Å². The maximum Gasteiger partial charge on any atom is 0.124 e. The van der Waals surface area contributed by atoms with Crippen LogP contribution < -0.4 is 15.8 Å². The molecule has 4 nitrogen and oxygen atoms in total. The van der Waals surface area contributed by atoms with Crippen molar-refractivity contribution in [1.82, 2.24) is 0 Å². The Morgan fingerprint density at radius 1 is 1.53 bits per heavy atom. The first-order chi connectivity index (χ1) is 7.19. The molecule has 0 saturated heterocycles. The van der Waals surface area contributed by atoms with Crippen LogP contribution in [0.25, 0.3) is 0 Å². The summed E-state index contributed by atoms with van der Waals surface area (Å²) in [6, 6.07) is 5.44. The summed E-state index contributed by atoms with van der Waals surface area (Å²) in [6.07, 6.45) is 1.02. The summed E-state index contributed by atoms with van der Waals surface area (Å²) in [5.41, 5.74) is 7.04. The summed E-state index contributed by atoms with van der Waals surface area (Å²) in [5, 5.41) is 10.7. The minimum Gasteiger partial charge on any atom is -0.497 e. The van der Waals surface area contributed by atoms with Crippen LogP contribution in [0.4, 0.5) is 5.69 Å². The number of nitrogens with one attached hydrogen (secondary N) is 2. The van der Waals surface area contributed by atoms with Gasteiger partial charge in [-0.25, -0.2) is 0 Å². The van der Waals surface area contributed by atoms with Crippen molar-refractivity contribution in [2.75, 3.05) is 19.0 Å². The first kappa shape index (κ1) is 11.4. The Morgan fingerprint density at radius 3 is 2.80 bits per heavy atom. The van der Waals surface area contributed by atoms with E-state index in [0.717, 1.165) is 24.4 Å². The van der Waals surface area contributed by atoms with Crippen LogP contribution in [-0.4, -0.2) is 19.5 Å². The van der Waals surface area contributed by atoms with E-state index in [9.17, 15) is 0 Å². The first-order valence-corrected chi connectivity index (χ1v) is 4.95. The van der Waals surface area contributed by atoms with Gasteiger partial charge in [-0.3, -0.25) is 5.41 Å². The Kier molecular flexibility index (Phi) is 3.97. The molecule has 0 radical (unpaired) electrons. The topological polar surface area (TPSA) is 71.1 Å². The van der Waals surface area contributed by atoms with Crippen molar-refractivity contribution in [2.24, 2.45) is 5.73 Å². The molecule has 0 unspecified atom stereocenters. The highest BCUT2D eigenvalue weighted by molar-refractivity contribution is 6.00. The molecule has 0 spiro atoms. The molecule has 0 bridgehead atoms. The van der Waals surface area contributed by atoms with E-state index in [2.05, 4.69) is 12.2 Å². The molecule has 15 heavy (non-hydrogen) atoms. The number of rotatable bonds is 5. The fraction of sp³-hybridized carbons (Fsp3) is 0.364. The molecule has 0 aliphatic carbocycles. The average molecular weight is 207 g/mol. The summed E-state index contributed by atoms with van der Waals surface area (Å²) in [4.78, 5) is 0. The second-order valence-corrected chi connectivity index (χ2v) is 3.25. The third kappa shape index (κ3) is 2.87. The molecule has 0 saturated carbocycles. The largest absolute Gasteiger partial charge is 0.497 e. The van der Waals surface area contributed by atoms with Crippen LogP contribution in [0.3, 0.4) is 0 Å². The highest BCUT2D eigenvalue weighted by Crippen LogP contribution is 2.22. The van der Waals surface area contributed by atoms with Crippen LogP contribution in [-0.2, 0) is 0 Å². The van der Waals surface area contributed by atoms with Crippen LogP contribution in [0.1, 0.15) is 18.9 Å². The molecule has 82 valence electrons. The van der Waals surface area contributed by atoms with E-state index >= 15 is 0 Å². The quantitative estimate of drug-likeness (QED) is 0.509. The number of methoxy groups -OCH3 is 1. The molecule has 1 aromatic rings. The van der Waals surface area contributed by atoms with E-state index < -0.39 is 0 Å². The third-order valence-electron chi connectivity index (χ3n) is 2.08. The minimum absolute atomic E-state index is 0.0660. The molecule has 0 aliphatic heterocycles. The number of hydrogen-bond donors (Lipinski definition) is 3. The Morgan fingerprint density at radius 2 is 2.27 bits per heavy atom. The van der Waals surface area contributed by atoms with Gasteiger partial charge in [0.25, 0.3) is 0 Å². The second-order valence-electron chi connectivity index (χ2n) is 3.25. The van der Waals surface area contributed by atoms with Crippen molar-refractivity contribution in [3.63, 3.8) is 0 Å². The van der Waals surface area contributed by atoms with Crippen molar-refractivity contribution in [2.45, 2.75) is 13.3 Å². The summed E-state index contributed by atoms with van der Waals surface area (Å²) >= 11 is 0. The molecule has 0 heterocycles. The molecular formula is C11H17N3O. The predicted molar refractivity (Wildman–Crippen MR) is 62.8 cm³/mol. The van der Waals surface area contributed by atoms with Crippen molar-refractivity contribution in [3.05, 3.63) is 23.8 Å². The SMILES string of the molecule is CCCNc1cc(OC)ccc1C(=N)N. The summed E-state index contributed by atoms with van der Waals surface area (Å²) in [5.74, 6) is 0.829. The van der Waals surface area contributed by atoms with Crippen LogP contribution in [0, 0.1) is 5.41 Å². The van der Waals surface area contributed by atoms with Gasteiger partial charge in [0.1, 0.15) is 11.6 Å². The van der Waals surface area contributed by atoms with Crippen LogP contribution in [0.2, 0.25) is 0 Å². The molecule has 0 amide bonds. The summed E-state index contributed by atoms with van der Waals surface area (Å²) < 4.78 is 5.12. The van der Waals surface area contributed by atoms with Gasteiger partial charge in [-0.05, 0) is 18.6 Å². The van der Waals surface area contributed by atoms with Crippen molar-refractivity contribution < 1.29 is 4.74 Å². The molecule has 1 aromatic carbocycles. The minimum atomic E-state index is 0.0660. The molecule has 0 aromatic heterocycles. The van der Waals surface area contributed by atoms with E-state index in [4.69, 9.17) is 15.9 Å². The second kappa shape index (κ2) is 5.24. The Hall–Kier alpha value is -1.71. The number of ether oxygens (including phenoxy) is 1. The van der Waals surface area contributed by atoms with E-state index in [1.165, 1.54) is 0 Å². The number of amidine groups is 1. The third-order valence-corrected chi connectivity index (χ3v) is 2.08. The number of hydrogen-bond acceptors (Lipinski definition) is 3. The van der Waals surface area contributed by atoms with Crippen molar-refractivity contribution in [1.29, 1.82) is 5.41 Å². The van der Waals surface area contributed by atoms with Crippen LogP contribution in [0.15, 0.2) is 18.2 Å². The van der Waals surface area contributed by atoms with Gasteiger partial charge in [-0.1, -0.05) is 6.92 Å². The predicted octanol–water partition coefficient (Wildman–Crippen LogP) is 1.80. The molecule has 0 fully saturated rings. The molecule has 0 aliphatic rings. The fourth-order valence-electron chi connectivity index (χ4n) is 1.29. The van der Waals surface area contributed by atoms with E-state index in [0.29, 0.717) is 5.56 Å². The zero-order chi connectivity index (χ0) is 11.3. The lowest BCUT2D eigenvalue weighted by molar-refractivity contribution is 0.415. The zero-order valence-corrected chi connectivity index (χ0v) is 9.13. The molecule has 1 rings (SSSR count). The van der Waals surface area contributed by atoms with Crippen molar-refractivity contribution >= 4 is 11.5 Å². The average Bonchev–Trinajstić information content (AvgIpc) is 2.25. The van der Waals surface area contributed by atoms with Gasteiger partial charge in [0.15, 0.2) is 0 Å². The maximum absolute atomic E-state index is 7.44. The smallest absolute Gasteiger partial charge is 0.124 e. The number of anilines is 1. The van der Waals surface area contributed by atoms with E-state index in [-0.39, 0.29) is 5.84 Å². The van der Waals surface area contributed by atoms with E-state index in [1.807, 2.05) is 6.07 Å². The fourth-order valence-corrected chi connectivity index (χ4v) is 1.29. The van der Waals surface area contributed by atoms with Crippen LogP contribution in [0.5, 0.6) is 5.75 Å². The Labute approximate surface area is 89.9 Å². The molecular weight excluding hydrogens is 190 g/mol. The lowest BCUT2D eigenvalue weighted by atomic mass is 10.1. The standard InChI is InChI=1S/C11H17N3O/c1-3-6-14-10-7-8(15-2)4-5-9(10)11(12)13/h4-5,7,14H,3,6H2,1-2H3,(H3,12,13). The van der Waals surface area contributed by atoms with Gasteiger partial charge >= 0.3 is 0 Å². The van der Waals surface area contributed by atoms with Gasteiger partial charge in [-0.2, -0.15) is 0 Å². The maximum atomic E-state index is 7.44. The van der Waals surface area contributed by atoms with Gasteiger partial charge in [0.2, 0.25) is 0 Å². The van der Waals surface area contributed by atoms with Gasteiger partial charge < -0.3 is 15.8 Å². The van der Waals surface area contributed by atoms with Crippen molar-refractivity contribution in [3.8, 4) is 5.75 Å². The monoisotopic (exact) mass is 207 g/mol. The summed E-state index contributed by atoms with van der Waals surface area (Å²) in [6.45, 7) is 2.94. The molecule has 0 atom stereocenters.